The van der Waals surface area contributed by atoms with Gasteiger partial charge in [-0.2, -0.15) is 4.98 Å². The van der Waals surface area contributed by atoms with E-state index in [1.165, 1.54) is 18.4 Å². The molecule has 0 saturated carbocycles. The van der Waals surface area contributed by atoms with Gasteiger partial charge in [-0.3, -0.25) is 0 Å². The van der Waals surface area contributed by atoms with Crippen LogP contribution in [0.5, 0.6) is 0 Å². The van der Waals surface area contributed by atoms with Gasteiger partial charge < -0.3 is 9.84 Å². The van der Waals surface area contributed by atoms with E-state index in [0.29, 0.717) is 5.82 Å². The summed E-state index contributed by atoms with van der Waals surface area (Å²) in [6.45, 7) is 4.44. The molecule has 1 aromatic heterocycles. The van der Waals surface area contributed by atoms with Crippen molar-refractivity contribution in [3.63, 3.8) is 0 Å². The number of halogens is 1. The van der Waals surface area contributed by atoms with E-state index in [-0.39, 0.29) is 12.4 Å². The molecule has 1 aromatic carbocycles. The van der Waals surface area contributed by atoms with Gasteiger partial charge >= 0.3 is 0 Å². The predicted molar refractivity (Wildman–Crippen MR) is 90.3 cm³/mol. The zero-order chi connectivity index (χ0) is 14.5. The number of aryl methyl sites for hydroxylation is 2. The molecule has 2 heterocycles. The zero-order valence-corrected chi connectivity index (χ0v) is 13.9. The first-order chi connectivity index (χ1) is 10.3. The first-order valence-electron chi connectivity index (χ1n) is 7.97. The van der Waals surface area contributed by atoms with Crippen LogP contribution in [-0.4, -0.2) is 23.2 Å². The van der Waals surface area contributed by atoms with Gasteiger partial charge in [-0.25, -0.2) is 0 Å². The molecule has 1 saturated heterocycles. The Morgan fingerprint density at radius 3 is 2.59 bits per heavy atom. The van der Waals surface area contributed by atoms with Crippen LogP contribution in [0.4, 0.5) is 0 Å². The van der Waals surface area contributed by atoms with E-state index in [2.05, 4.69) is 46.6 Å². The van der Waals surface area contributed by atoms with Gasteiger partial charge in [-0.1, -0.05) is 36.3 Å². The lowest BCUT2D eigenvalue weighted by Crippen LogP contribution is -2.27. The molecule has 1 aliphatic heterocycles. The number of hydrogen-bond donors (Lipinski definition) is 1. The van der Waals surface area contributed by atoms with Crippen LogP contribution in [0.3, 0.4) is 0 Å². The van der Waals surface area contributed by atoms with Crippen LogP contribution in [0, 0.1) is 5.92 Å². The molecule has 0 amide bonds. The van der Waals surface area contributed by atoms with E-state index in [1.54, 1.807) is 0 Å². The second kappa shape index (κ2) is 8.30. The quantitative estimate of drug-likeness (QED) is 0.913. The van der Waals surface area contributed by atoms with E-state index in [9.17, 15) is 0 Å². The fourth-order valence-corrected chi connectivity index (χ4v) is 2.86. The fraction of sp³-hybridized carbons (Fsp3) is 0.529. The molecule has 2 aromatic rings. The Hall–Kier alpha value is -1.39. The van der Waals surface area contributed by atoms with Gasteiger partial charge in [0.25, 0.3) is 0 Å². The number of nitrogens with zero attached hydrogens (tertiary/aromatic N) is 2. The maximum atomic E-state index is 5.39. The largest absolute Gasteiger partial charge is 0.339 e. The van der Waals surface area contributed by atoms with Crippen molar-refractivity contribution in [2.24, 2.45) is 5.92 Å². The molecule has 3 rings (SSSR count). The van der Waals surface area contributed by atoms with Gasteiger partial charge in [0.15, 0.2) is 0 Å². The standard InChI is InChI=1S/C17H23N3O.ClH/c1-2-13-3-6-15(7-4-13)17-19-16(21-20-17)8-5-14-9-11-18-12-10-14;/h3-4,6-7,14,18H,2,5,8-12H2,1H3;1H. The summed E-state index contributed by atoms with van der Waals surface area (Å²) in [5.41, 5.74) is 2.36. The average Bonchev–Trinajstić information content (AvgIpc) is 3.03. The van der Waals surface area contributed by atoms with E-state index < -0.39 is 0 Å². The van der Waals surface area contributed by atoms with E-state index >= 15 is 0 Å². The topological polar surface area (TPSA) is 51.0 Å². The van der Waals surface area contributed by atoms with Crippen molar-refractivity contribution in [1.82, 2.24) is 15.5 Å². The Morgan fingerprint density at radius 1 is 1.18 bits per heavy atom. The Bertz CT molecular complexity index is 562. The Kier molecular flexibility index (Phi) is 6.40. The molecule has 0 unspecified atom stereocenters. The molecule has 0 bridgehead atoms. The highest BCUT2D eigenvalue weighted by molar-refractivity contribution is 5.85. The third kappa shape index (κ3) is 4.31. The van der Waals surface area contributed by atoms with E-state index in [0.717, 1.165) is 49.7 Å². The van der Waals surface area contributed by atoms with Gasteiger partial charge in [0.1, 0.15) is 0 Å². The van der Waals surface area contributed by atoms with Crippen molar-refractivity contribution < 1.29 is 4.52 Å². The van der Waals surface area contributed by atoms with E-state index in [1.807, 2.05) is 0 Å². The Balaban J connectivity index is 0.00000176. The molecule has 1 fully saturated rings. The van der Waals surface area contributed by atoms with Gasteiger partial charge in [0.2, 0.25) is 11.7 Å². The van der Waals surface area contributed by atoms with Crippen LogP contribution in [0.1, 0.15) is 37.6 Å². The summed E-state index contributed by atoms with van der Waals surface area (Å²) in [6.07, 6.45) is 5.62. The summed E-state index contributed by atoms with van der Waals surface area (Å²) in [4.78, 5) is 4.53. The smallest absolute Gasteiger partial charge is 0.226 e. The minimum atomic E-state index is 0. The second-order valence-corrected chi connectivity index (χ2v) is 5.79. The molecule has 0 radical (unpaired) electrons. The number of rotatable bonds is 5. The highest BCUT2D eigenvalue weighted by atomic mass is 35.5. The highest BCUT2D eigenvalue weighted by Crippen LogP contribution is 2.20. The maximum Gasteiger partial charge on any atom is 0.226 e. The molecule has 4 nitrogen and oxygen atoms in total. The van der Waals surface area contributed by atoms with Crippen LogP contribution in [0.2, 0.25) is 0 Å². The third-order valence-corrected chi connectivity index (χ3v) is 4.31. The van der Waals surface area contributed by atoms with Crippen LogP contribution >= 0.6 is 12.4 Å². The summed E-state index contributed by atoms with van der Waals surface area (Å²) in [6, 6.07) is 8.39. The zero-order valence-electron chi connectivity index (χ0n) is 13.0. The molecule has 1 aliphatic rings. The van der Waals surface area contributed by atoms with Crippen molar-refractivity contribution in [3.05, 3.63) is 35.7 Å². The number of nitrogens with one attached hydrogen (secondary N) is 1. The molecule has 0 spiro atoms. The lowest BCUT2D eigenvalue weighted by atomic mass is 9.93. The Labute approximate surface area is 138 Å². The van der Waals surface area contributed by atoms with Crippen molar-refractivity contribution in [2.45, 2.75) is 39.0 Å². The summed E-state index contributed by atoms with van der Waals surface area (Å²) in [5, 5.41) is 7.50. The molecule has 5 heteroatoms. The lowest BCUT2D eigenvalue weighted by molar-refractivity contribution is 0.324. The van der Waals surface area contributed by atoms with Gasteiger partial charge in [-0.05, 0) is 50.3 Å². The molecule has 0 aliphatic carbocycles. The van der Waals surface area contributed by atoms with Crippen molar-refractivity contribution in [3.8, 4) is 11.4 Å². The Morgan fingerprint density at radius 2 is 1.91 bits per heavy atom. The second-order valence-electron chi connectivity index (χ2n) is 5.79. The van der Waals surface area contributed by atoms with Gasteiger partial charge in [0, 0.05) is 12.0 Å². The minimum absolute atomic E-state index is 0. The predicted octanol–water partition coefficient (Wildman–Crippen LogP) is 3.65. The molecule has 22 heavy (non-hydrogen) atoms. The molecule has 0 atom stereocenters. The van der Waals surface area contributed by atoms with Crippen LogP contribution < -0.4 is 5.32 Å². The van der Waals surface area contributed by atoms with Gasteiger partial charge in [-0.15, -0.1) is 12.4 Å². The number of benzene rings is 1. The third-order valence-electron chi connectivity index (χ3n) is 4.31. The minimum Gasteiger partial charge on any atom is -0.339 e. The first kappa shape index (κ1) is 17.0. The first-order valence-corrected chi connectivity index (χ1v) is 7.97. The lowest BCUT2D eigenvalue weighted by Gasteiger charge is -2.21. The van der Waals surface area contributed by atoms with Crippen LogP contribution in [0.15, 0.2) is 28.8 Å². The summed E-state index contributed by atoms with van der Waals surface area (Å²) >= 11 is 0. The summed E-state index contributed by atoms with van der Waals surface area (Å²) in [7, 11) is 0. The van der Waals surface area contributed by atoms with E-state index in [4.69, 9.17) is 4.52 Å². The van der Waals surface area contributed by atoms with Crippen molar-refractivity contribution in [2.75, 3.05) is 13.1 Å². The highest BCUT2D eigenvalue weighted by Gasteiger charge is 2.15. The maximum absolute atomic E-state index is 5.39. The molecular weight excluding hydrogens is 298 g/mol. The van der Waals surface area contributed by atoms with Crippen LogP contribution in [0.25, 0.3) is 11.4 Å². The number of aromatic nitrogens is 2. The number of hydrogen-bond acceptors (Lipinski definition) is 4. The average molecular weight is 322 g/mol. The molecule has 1 N–H and O–H groups in total. The van der Waals surface area contributed by atoms with Crippen molar-refractivity contribution >= 4 is 12.4 Å². The normalized spacial score (nSPS) is 15.5. The fourth-order valence-electron chi connectivity index (χ4n) is 2.86. The van der Waals surface area contributed by atoms with Gasteiger partial charge in [0.05, 0.1) is 0 Å². The SMILES string of the molecule is CCc1ccc(-c2noc(CCC3CCNCC3)n2)cc1.Cl. The summed E-state index contributed by atoms with van der Waals surface area (Å²) < 4.78 is 5.39. The van der Waals surface area contributed by atoms with Crippen LogP contribution in [-0.2, 0) is 12.8 Å². The monoisotopic (exact) mass is 321 g/mol. The van der Waals surface area contributed by atoms with Crippen molar-refractivity contribution in [1.29, 1.82) is 0 Å². The summed E-state index contributed by atoms with van der Waals surface area (Å²) in [5.74, 6) is 2.27. The number of piperidine rings is 1. The molecule has 120 valence electrons. The molecular formula is C17H24ClN3O.